The fourth-order valence-electron chi connectivity index (χ4n) is 4.37. The number of aromatic nitrogens is 4. The van der Waals surface area contributed by atoms with Crippen molar-refractivity contribution >= 4 is 32.4 Å². The standard InChI is InChI=1S/C22H23FN6O2S/c1-13-20(15-12-18-14(11-16(15)23)6-9-27(18)2)21-17(5-8-24-22(21)29(13)4)26-32(30,31)19-7-10-28(3)25-19/h5,7-8,10-12H,6,9H2,1-4H3,(H,24,26). The van der Waals surface area contributed by atoms with Crippen molar-refractivity contribution in [2.45, 2.75) is 18.4 Å². The highest BCUT2D eigenvalue weighted by molar-refractivity contribution is 7.92. The monoisotopic (exact) mass is 454 g/mol. The Balaban J connectivity index is 1.74. The second kappa shape index (κ2) is 7.06. The van der Waals surface area contributed by atoms with Crippen molar-refractivity contribution in [3.63, 3.8) is 0 Å². The van der Waals surface area contributed by atoms with Crippen LogP contribution in [0, 0.1) is 12.7 Å². The maximum atomic E-state index is 15.3. The Morgan fingerprint density at radius 1 is 1.16 bits per heavy atom. The third kappa shape index (κ3) is 3.05. The van der Waals surface area contributed by atoms with Gasteiger partial charge in [0.05, 0.1) is 11.1 Å². The van der Waals surface area contributed by atoms with E-state index in [1.165, 1.54) is 16.9 Å². The number of sulfonamides is 1. The summed E-state index contributed by atoms with van der Waals surface area (Å²) in [5, 5.41) is 4.46. The molecule has 0 saturated carbocycles. The zero-order chi connectivity index (χ0) is 22.8. The average molecular weight is 455 g/mol. The molecule has 0 saturated heterocycles. The fourth-order valence-corrected chi connectivity index (χ4v) is 5.41. The van der Waals surface area contributed by atoms with Crippen LogP contribution in [0.1, 0.15) is 11.3 Å². The smallest absolute Gasteiger partial charge is 0.281 e. The molecule has 32 heavy (non-hydrogen) atoms. The second-order valence-electron chi connectivity index (χ2n) is 8.14. The van der Waals surface area contributed by atoms with Crippen LogP contribution in [0.25, 0.3) is 22.2 Å². The van der Waals surface area contributed by atoms with Crippen molar-refractivity contribution in [2.24, 2.45) is 14.1 Å². The predicted molar refractivity (Wildman–Crippen MR) is 122 cm³/mol. The van der Waals surface area contributed by atoms with Crippen molar-refractivity contribution in [2.75, 3.05) is 23.2 Å². The number of nitrogens with zero attached hydrogens (tertiary/aromatic N) is 5. The Morgan fingerprint density at radius 2 is 1.94 bits per heavy atom. The average Bonchev–Trinajstić information content (AvgIpc) is 3.40. The van der Waals surface area contributed by atoms with Crippen molar-refractivity contribution in [3.8, 4) is 11.1 Å². The SMILES string of the molecule is Cc1c(-c2cc3c(cc2F)CCN3C)c2c(NS(=O)(=O)c3ccn(C)n3)ccnc2n1C. The first kappa shape index (κ1) is 20.5. The molecule has 0 aliphatic carbocycles. The zero-order valence-corrected chi connectivity index (χ0v) is 19.0. The maximum Gasteiger partial charge on any atom is 0.281 e. The van der Waals surface area contributed by atoms with Crippen LogP contribution >= 0.6 is 0 Å². The molecule has 4 heterocycles. The summed E-state index contributed by atoms with van der Waals surface area (Å²) in [4.78, 5) is 6.55. The van der Waals surface area contributed by atoms with E-state index in [0.717, 1.165) is 29.9 Å². The van der Waals surface area contributed by atoms with Crippen molar-refractivity contribution < 1.29 is 12.8 Å². The second-order valence-corrected chi connectivity index (χ2v) is 9.77. The van der Waals surface area contributed by atoms with Crippen molar-refractivity contribution in [1.29, 1.82) is 0 Å². The van der Waals surface area contributed by atoms with Crippen LogP contribution in [-0.4, -0.2) is 41.3 Å². The molecule has 10 heteroatoms. The van der Waals surface area contributed by atoms with Crippen LogP contribution in [0.2, 0.25) is 0 Å². The summed E-state index contributed by atoms with van der Waals surface area (Å²) in [5.74, 6) is -0.336. The molecule has 0 fully saturated rings. The minimum absolute atomic E-state index is 0.0931. The summed E-state index contributed by atoms with van der Waals surface area (Å²) in [6, 6.07) is 6.45. The molecular weight excluding hydrogens is 431 g/mol. The number of nitrogens with one attached hydrogen (secondary N) is 1. The normalized spacial score (nSPS) is 13.7. The largest absolute Gasteiger partial charge is 0.374 e. The molecule has 1 N–H and O–H groups in total. The van der Waals surface area contributed by atoms with E-state index in [9.17, 15) is 8.42 Å². The van der Waals surface area contributed by atoms with Gasteiger partial charge in [-0.2, -0.15) is 13.5 Å². The van der Waals surface area contributed by atoms with Gasteiger partial charge in [0.2, 0.25) is 0 Å². The number of aryl methyl sites for hydroxylation is 2. The minimum Gasteiger partial charge on any atom is -0.374 e. The highest BCUT2D eigenvalue weighted by Gasteiger charge is 2.26. The van der Waals surface area contributed by atoms with Crippen LogP contribution in [0.15, 0.2) is 41.7 Å². The molecule has 3 aromatic heterocycles. The van der Waals surface area contributed by atoms with Gasteiger partial charge < -0.3 is 9.47 Å². The summed E-state index contributed by atoms with van der Waals surface area (Å²) in [7, 11) is 1.53. The topological polar surface area (TPSA) is 85.1 Å². The number of hydrogen-bond donors (Lipinski definition) is 1. The molecule has 0 radical (unpaired) electrons. The number of pyridine rings is 1. The lowest BCUT2D eigenvalue weighted by Gasteiger charge is -2.15. The number of benzene rings is 1. The van der Waals surface area contributed by atoms with E-state index in [-0.39, 0.29) is 10.8 Å². The molecular formula is C22H23FN6O2S. The van der Waals surface area contributed by atoms with Crippen LogP contribution in [-0.2, 0) is 30.5 Å². The van der Waals surface area contributed by atoms with E-state index in [1.807, 2.05) is 31.7 Å². The molecule has 8 nitrogen and oxygen atoms in total. The van der Waals surface area contributed by atoms with Gasteiger partial charge in [0.25, 0.3) is 10.0 Å². The van der Waals surface area contributed by atoms with Crippen LogP contribution < -0.4 is 9.62 Å². The molecule has 5 rings (SSSR count). The molecule has 1 aromatic carbocycles. The number of likely N-dealkylation sites (N-methyl/N-ethyl adjacent to an activating group) is 1. The predicted octanol–water partition coefficient (Wildman–Crippen LogP) is 3.21. The highest BCUT2D eigenvalue weighted by Crippen LogP contribution is 2.42. The highest BCUT2D eigenvalue weighted by atomic mass is 32.2. The zero-order valence-electron chi connectivity index (χ0n) is 18.2. The lowest BCUT2D eigenvalue weighted by Crippen LogP contribution is -2.14. The van der Waals surface area contributed by atoms with Gasteiger partial charge in [0, 0.05) is 62.6 Å². The Labute approximate surface area is 185 Å². The van der Waals surface area contributed by atoms with E-state index >= 15 is 4.39 Å². The lowest BCUT2D eigenvalue weighted by molar-refractivity contribution is 0.593. The molecule has 1 aliphatic heterocycles. The molecule has 166 valence electrons. The molecule has 1 aliphatic rings. The minimum atomic E-state index is -3.94. The van der Waals surface area contributed by atoms with Crippen LogP contribution in [0.4, 0.5) is 15.8 Å². The number of hydrogen-bond acceptors (Lipinski definition) is 5. The molecule has 4 aromatic rings. The molecule has 0 unspecified atom stereocenters. The van der Waals surface area contributed by atoms with E-state index < -0.39 is 10.0 Å². The molecule has 0 bridgehead atoms. The van der Waals surface area contributed by atoms with Gasteiger partial charge in [0.15, 0.2) is 5.03 Å². The van der Waals surface area contributed by atoms with Gasteiger partial charge in [-0.15, -0.1) is 0 Å². The fraction of sp³-hybridized carbons (Fsp3) is 0.273. The first-order valence-electron chi connectivity index (χ1n) is 10.2. The Bertz CT molecular complexity index is 1490. The van der Waals surface area contributed by atoms with Gasteiger partial charge >= 0.3 is 0 Å². The molecule has 0 amide bonds. The lowest BCUT2D eigenvalue weighted by atomic mass is 9.99. The van der Waals surface area contributed by atoms with Crippen LogP contribution in [0.3, 0.4) is 0 Å². The van der Waals surface area contributed by atoms with Gasteiger partial charge in [-0.05, 0) is 43.2 Å². The first-order chi connectivity index (χ1) is 15.2. The van der Waals surface area contributed by atoms with E-state index in [4.69, 9.17) is 0 Å². The number of fused-ring (bicyclic) bond motifs is 2. The maximum absolute atomic E-state index is 15.3. The van der Waals surface area contributed by atoms with Crippen LogP contribution in [0.5, 0.6) is 0 Å². The molecule has 0 atom stereocenters. The Hall–Kier alpha value is -3.40. The van der Waals surface area contributed by atoms with E-state index in [0.29, 0.717) is 27.8 Å². The van der Waals surface area contributed by atoms with E-state index in [2.05, 4.69) is 19.7 Å². The third-order valence-corrected chi connectivity index (χ3v) is 7.39. The Morgan fingerprint density at radius 3 is 2.66 bits per heavy atom. The summed E-state index contributed by atoms with van der Waals surface area (Å²) in [5.41, 5.74) is 4.68. The van der Waals surface area contributed by atoms with Gasteiger partial charge in [0.1, 0.15) is 11.5 Å². The Kier molecular flexibility index (Phi) is 4.52. The van der Waals surface area contributed by atoms with Crippen molar-refractivity contribution in [3.05, 3.63) is 53.7 Å². The number of rotatable bonds is 4. The van der Waals surface area contributed by atoms with Gasteiger partial charge in [-0.3, -0.25) is 9.40 Å². The summed E-state index contributed by atoms with van der Waals surface area (Å²) >= 11 is 0. The summed E-state index contributed by atoms with van der Waals surface area (Å²) in [6.07, 6.45) is 3.90. The van der Waals surface area contributed by atoms with Gasteiger partial charge in [-0.1, -0.05) is 0 Å². The number of halogens is 1. The molecule has 0 spiro atoms. The van der Waals surface area contributed by atoms with Gasteiger partial charge in [-0.25, -0.2) is 9.37 Å². The summed E-state index contributed by atoms with van der Waals surface area (Å²) in [6.45, 7) is 2.72. The third-order valence-electron chi connectivity index (χ3n) is 6.14. The van der Waals surface area contributed by atoms with E-state index in [1.54, 1.807) is 25.4 Å². The summed E-state index contributed by atoms with van der Waals surface area (Å²) < 4.78 is 47.1. The quantitative estimate of drug-likeness (QED) is 0.512. The number of anilines is 2. The first-order valence-corrected chi connectivity index (χ1v) is 11.7. The van der Waals surface area contributed by atoms with Crippen molar-refractivity contribution in [1.82, 2.24) is 19.3 Å².